The van der Waals surface area contributed by atoms with E-state index in [4.69, 9.17) is 10.5 Å². The van der Waals surface area contributed by atoms with E-state index >= 15 is 0 Å². The van der Waals surface area contributed by atoms with Crippen LogP contribution in [0.4, 0.5) is 5.95 Å². The predicted molar refractivity (Wildman–Crippen MR) is 67.2 cm³/mol. The second-order valence-electron chi connectivity index (χ2n) is 4.51. The summed E-state index contributed by atoms with van der Waals surface area (Å²) in [6, 6.07) is 0.371. The average Bonchev–Trinajstić information content (AvgIpc) is 2.40. The normalized spacial score (nSPS) is 23.6. The lowest BCUT2D eigenvalue weighted by Crippen LogP contribution is -2.29. The van der Waals surface area contributed by atoms with E-state index in [0.29, 0.717) is 23.7 Å². The first-order valence-electron chi connectivity index (χ1n) is 6.10. The van der Waals surface area contributed by atoms with Gasteiger partial charge in [0.05, 0.1) is 11.7 Å². The molecule has 0 aliphatic heterocycles. The number of rotatable bonds is 4. The first-order chi connectivity index (χ1) is 8.69. The van der Waals surface area contributed by atoms with Gasteiger partial charge in [-0.15, -0.1) is 0 Å². The summed E-state index contributed by atoms with van der Waals surface area (Å²) in [5, 5.41) is 3.26. The van der Waals surface area contributed by atoms with E-state index in [2.05, 4.69) is 15.3 Å². The average molecular weight is 250 g/mol. The van der Waals surface area contributed by atoms with Crippen molar-refractivity contribution in [2.75, 3.05) is 12.4 Å². The summed E-state index contributed by atoms with van der Waals surface area (Å²) in [6.45, 7) is 0. The van der Waals surface area contributed by atoms with Crippen LogP contribution in [-0.4, -0.2) is 35.1 Å². The highest BCUT2D eigenvalue weighted by molar-refractivity contribution is 5.92. The van der Waals surface area contributed by atoms with E-state index in [1.54, 1.807) is 7.11 Å². The number of carbonyl (C=O) groups excluding carboxylic acids is 1. The minimum atomic E-state index is -0.512. The van der Waals surface area contributed by atoms with Crippen LogP contribution in [0, 0.1) is 0 Å². The van der Waals surface area contributed by atoms with Crippen LogP contribution < -0.4 is 11.1 Å². The van der Waals surface area contributed by atoms with E-state index < -0.39 is 5.91 Å². The Labute approximate surface area is 106 Å². The molecule has 0 spiro atoms. The lowest BCUT2D eigenvalue weighted by atomic mass is 9.93. The molecule has 0 atom stereocenters. The molecule has 1 aromatic rings. The topological polar surface area (TPSA) is 90.1 Å². The third-order valence-corrected chi connectivity index (χ3v) is 3.28. The molecule has 0 saturated heterocycles. The van der Waals surface area contributed by atoms with E-state index in [-0.39, 0.29) is 0 Å². The van der Waals surface area contributed by atoms with Crippen LogP contribution >= 0.6 is 0 Å². The zero-order valence-corrected chi connectivity index (χ0v) is 10.4. The zero-order valence-electron chi connectivity index (χ0n) is 10.4. The molecule has 0 aromatic carbocycles. The van der Waals surface area contributed by atoms with Crippen molar-refractivity contribution in [3.8, 4) is 0 Å². The Kier molecular flexibility index (Phi) is 4.09. The van der Waals surface area contributed by atoms with Crippen LogP contribution in [0.5, 0.6) is 0 Å². The molecule has 6 nitrogen and oxygen atoms in total. The summed E-state index contributed by atoms with van der Waals surface area (Å²) >= 11 is 0. The van der Waals surface area contributed by atoms with Gasteiger partial charge >= 0.3 is 0 Å². The molecule has 1 fully saturated rings. The molecule has 98 valence electrons. The first kappa shape index (κ1) is 12.8. The lowest BCUT2D eigenvalue weighted by molar-refractivity contribution is 0.0681. The van der Waals surface area contributed by atoms with Crippen molar-refractivity contribution < 1.29 is 9.53 Å². The number of methoxy groups -OCH3 is 1. The molecular weight excluding hydrogens is 232 g/mol. The molecule has 0 radical (unpaired) electrons. The maximum atomic E-state index is 10.9. The fourth-order valence-electron chi connectivity index (χ4n) is 2.16. The molecule has 0 unspecified atom stereocenters. The molecule has 2 rings (SSSR count). The number of primary amides is 1. The van der Waals surface area contributed by atoms with Gasteiger partial charge < -0.3 is 15.8 Å². The standard InChI is InChI=1S/C12H18N4O2/c1-18-10-4-2-9(3-5-10)16-12-14-6-8(7-15-12)11(13)17/h6-7,9-10H,2-5H2,1H3,(H2,13,17)(H,14,15,16). The molecule has 1 aliphatic rings. The number of nitrogens with two attached hydrogens (primary N) is 1. The van der Waals surface area contributed by atoms with Crippen molar-refractivity contribution in [3.63, 3.8) is 0 Å². The molecule has 1 amide bonds. The van der Waals surface area contributed by atoms with Crippen molar-refractivity contribution >= 4 is 11.9 Å². The van der Waals surface area contributed by atoms with E-state index in [1.807, 2.05) is 0 Å². The Balaban J connectivity index is 1.88. The van der Waals surface area contributed by atoms with Crippen LogP contribution in [0.1, 0.15) is 36.0 Å². The highest BCUT2D eigenvalue weighted by Crippen LogP contribution is 2.22. The fourth-order valence-corrected chi connectivity index (χ4v) is 2.16. The number of amides is 1. The van der Waals surface area contributed by atoms with E-state index in [1.165, 1.54) is 12.4 Å². The van der Waals surface area contributed by atoms with Gasteiger partial charge in [-0.2, -0.15) is 0 Å². The lowest BCUT2D eigenvalue weighted by Gasteiger charge is -2.28. The van der Waals surface area contributed by atoms with Crippen LogP contribution in [0.2, 0.25) is 0 Å². The van der Waals surface area contributed by atoms with Gasteiger partial charge in [0.2, 0.25) is 5.95 Å². The number of anilines is 1. The molecule has 18 heavy (non-hydrogen) atoms. The van der Waals surface area contributed by atoms with Crippen LogP contribution in [0.15, 0.2) is 12.4 Å². The van der Waals surface area contributed by atoms with Gasteiger partial charge in [-0.1, -0.05) is 0 Å². The highest BCUT2D eigenvalue weighted by atomic mass is 16.5. The summed E-state index contributed by atoms with van der Waals surface area (Å²) in [4.78, 5) is 19.0. The molecule has 0 bridgehead atoms. The molecular formula is C12H18N4O2. The summed E-state index contributed by atoms with van der Waals surface area (Å²) < 4.78 is 5.32. The predicted octanol–water partition coefficient (Wildman–Crippen LogP) is 0.945. The number of nitrogens with one attached hydrogen (secondary N) is 1. The third kappa shape index (κ3) is 3.16. The molecule has 1 aliphatic carbocycles. The van der Waals surface area contributed by atoms with Gasteiger partial charge in [-0.3, -0.25) is 4.79 Å². The van der Waals surface area contributed by atoms with Gasteiger partial charge in [-0.05, 0) is 25.7 Å². The Bertz CT molecular complexity index is 399. The monoisotopic (exact) mass is 250 g/mol. The zero-order chi connectivity index (χ0) is 13.0. The van der Waals surface area contributed by atoms with Crippen molar-refractivity contribution in [1.82, 2.24) is 9.97 Å². The number of hydrogen-bond acceptors (Lipinski definition) is 5. The van der Waals surface area contributed by atoms with Crippen molar-refractivity contribution in [3.05, 3.63) is 18.0 Å². The Morgan fingerprint density at radius 3 is 2.44 bits per heavy atom. The van der Waals surface area contributed by atoms with Crippen molar-refractivity contribution in [1.29, 1.82) is 0 Å². The quantitative estimate of drug-likeness (QED) is 0.830. The van der Waals surface area contributed by atoms with Gasteiger partial charge in [0, 0.05) is 25.5 Å². The Hall–Kier alpha value is -1.69. The summed E-state index contributed by atoms with van der Waals surface area (Å²) in [5.74, 6) is 0.0306. The fraction of sp³-hybridized carbons (Fsp3) is 0.583. The number of hydrogen-bond donors (Lipinski definition) is 2. The second-order valence-corrected chi connectivity index (χ2v) is 4.51. The van der Waals surface area contributed by atoms with Gasteiger partial charge in [0.25, 0.3) is 5.91 Å². The van der Waals surface area contributed by atoms with Gasteiger partial charge in [0.1, 0.15) is 0 Å². The SMILES string of the molecule is COC1CCC(Nc2ncc(C(N)=O)cn2)CC1. The van der Waals surface area contributed by atoms with Crippen molar-refractivity contribution in [2.45, 2.75) is 37.8 Å². The summed E-state index contributed by atoms with van der Waals surface area (Å²) in [5.41, 5.74) is 5.45. The van der Waals surface area contributed by atoms with E-state index in [9.17, 15) is 4.79 Å². The van der Waals surface area contributed by atoms with E-state index in [0.717, 1.165) is 25.7 Å². The van der Waals surface area contributed by atoms with Crippen molar-refractivity contribution in [2.24, 2.45) is 5.73 Å². The maximum Gasteiger partial charge on any atom is 0.251 e. The maximum absolute atomic E-state index is 10.9. The molecule has 1 heterocycles. The van der Waals surface area contributed by atoms with Crippen LogP contribution in [-0.2, 0) is 4.74 Å². The van der Waals surface area contributed by atoms with Gasteiger partial charge in [-0.25, -0.2) is 9.97 Å². The molecule has 3 N–H and O–H groups in total. The second kappa shape index (κ2) is 5.77. The summed E-state index contributed by atoms with van der Waals surface area (Å²) in [6.07, 6.45) is 7.44. The Morgan fingerprint density at radius 1 is 1.33 bits per heavy atom. The molecule has 6 heteroatoms. The highest BCUT2D eigenvalue weighted by Gasteiger charge is 2.21. The Morgan fingerprint density at radius 2 is 1.94 bits per heavy atom. The summed E-state index contributed by atoms with van der Waals surface area (Å²) in [7, 11) is 1.75. The molecule has 1 saturated carbocycles. The van der Waals surface area contributed by atoms with Gasteiger partial charge in [0.15, 0.2) is 0 Å². The van der Waals surface area contributed by atoms with Crippen LogP contribution in [0.25, 0.3) is 0 Å². The minimum Gasteiger partial charge on any atom is -0.381 e. The van der Waals surface area contributed by atoms with Crippen LogP contribution in [0.3, 0.4) is 0 Å². The third-order valence-electron chi connectivity index (χ3n) is 3.28. The largest absolute Gasteiger partial charge is 0.381 e. The minimum absolute atomic E-state index is 0.323. The smallest absolute Gasteiger partial charge is 0.251 e. The number of ether oxygens (including phenoxy) is 1. The number of carbonyl (C=O) groups is 1. The molecule has 1 aromatic heterocycles. The number of aromatic nitrogens is 2. The first-order valence-corrected chi connectivity index (χ1v) is 6.10. The number of nitrogens with zero attached hydrogens (tertiary/aromatic N) is 2.